The number of benzene rings is 1. The molecule has 2 aromatic rings. The largest absolute Gasteiger partial charge is 0.490 e. The van der Waals surface area contributed by atoms with Crippen LogP contribution in [0.3, 0.4) is 0 Å². The first-order valence-corrected chi connectivity index (χ1v) is 11.1. The molecule has 7 heteroatoms. The van der Waals surface area contributed by atoms with E-state index in [2.05, 4.69) is 9.88 Å². The molecule has 166 valence electrons. The van der Waals surface area contributed by atoms with Gasteiger partial charge in [0.05, 0.1) is 6.54 Å². The third-order valence-electron chi connectivity index (χ3n) is 5.73. The smallest absolute Gasteiger partial charge is 0.410 e. The van der Waals surface area contributed by atoms with Gasteiger partial charge in [0.15, 0.2) is 5.78 Å². The van der Waals surface area contributed by atoms with Crippen LogP contribution in [0.2, 0.25) is 0 Å². The first kappa shape index (κ1) is 21.4. The second-order valence-electron chi connectivity index (χ2n) is 9.35. The number of likely N-dealkylation sites (tertiary alicyclic amines) is 1. The lowest BCUT2D eigenvalue weighted by Gasteiger charge is -2.34. The summed E-state index contributed by atoms with van der Waals surface area (Å²) in [6.45, 7) is 8.21. The summed E-state index contributed by atoms with van der Waals surface area (Å²) >= 11 is 0. The van der Waals surface area contributed by atoms with E-state index in [1.54, 1.807) is 11.1 Å². The highest BCUT2D eigenvalue weighted by atomic mass is 16.6. The molecule has 0 bridgehead atoms. The molecule has 0 unspecified atom stereocenters. The van der Waals surface area contributed by atoms with E-state index in [4.69, 9.17) is 9.47 Å². The molecule has 7 nitrogen and oxygen atoms in total. The van der Waals surface area contributed by atoms with Crippen LogP contribution in [-0.2, 0) is 9.53 Å². The van der Waals surface area contributed by atoms with Gasteiger partial charge in [-0.05, 0) is 45.4 Å². The standard InChI is InChI=1S/C24H31N3O4/c1-24(2,3)31-23(29)26-13-9-18(10-14-26)30-22-7-6-21(19-8-11-25-15-20(19)22)27-12-4-5-17(28)16-27/h6-8,11,15,18H,4-5,9-10,12-14,16H2,1-3H3. The molecular weight excluding hydrogens is 394 g/mol. The van der Waals surface area contributed by atoms with Crippen molar-refractivity contribution in [1.29, 1.82) is 0 Å². The van der Waals surface area contributed by atoms with Crippen molar-refractivity contribution in [3.05, 3.63) is 30.6 Å². The van der Waals surface area contributed by atoms with Crippen molar-refractivity contribution in [3.8, 4) is 5.75 Å². The third kappa shape index (κ3) is 5.09. The molecular formula is C24H31N3O4. The summed E-state index contributed by atoms with van der Waals surface area (Å²) in [5.41, 5.74) is 0.564. The van der Waals surface area contributed by atoms with E-state index < -0.39 is 5.60 Å². The fourth-order valence-electron chi connectivity index (χ4n) is 4.23. The van der Waals surface area contributed by atoms with Crippen LogP contribution >= 0.6 is 0 Å². The number of hydrogen-bond acceptors (Lipinski definition) is 6. The molecule has 0 spiro atoms. The van der Waals surface area contributed by atoms with Crippen molar-refractivity contribution in [2.45, 2.75) is 58.2 Å². The highest BCUT2D eigenvalue weighted by Gasteiger charge is 2.28. The number of rotatable bonds is 3. The second-order valence-corrected chi connectivity index (χ2v) is 9.35. The zero-order valence-electron chi connectivity index (χ0n) is 18.6. The third-order valence-corrected chi connectivity index (χ3v) is 5.73. The molecule has 1 aromatic heterocycles. The Balaban J connectivity index is 1.46. The Hall–Kier alpha value is -2.83. The average molecular weight is 426 g/mol. The van der Waals surface area contributed by atoms with Gasteiger partial charge in [0, 0.05) is 67.8 Å². The zero-order valence-corrected chi connectivity index (χ0v) is 18.6. The number of fused-ring (bicyclic) bond motifs is 1. The van der Waals surface area contributed by atoms with Gasteiger partial charge in [-0.25, -0.2) is 4.79 Å². The number of carbonyl (C=O) groups excluding carboxylic acids is 2. The molecule has 0 radical (unpaired) electrons. The van der Waals surface area contributed by atoms with E-state index in [1.807, 2.05) is 45.2 Å². The minimum absolute atomic E-state index is 0.0320. The highest BCUT2D eigenvalue weighted by molar-refractivity contribution is 5.99. The number of carbonyl (C=O) groups is 2. The maximum atomic E-state index is 12.3. The quantitative estimate of drug-likeness (QED) is 0.735. The summed E-state index contributed by atoms with van der Waals surface area (Å²) in [4.78, 5) is 32.4. The maximum Gasteiger partial charge on any atom is 0.410 e. The van der Waals surface area contributed by atoms with Crippen molar-refractivity contribution in [3.63, 3.8) is 0 Å². The predicted octanol–water partition coefficient (Wildman–Crippen LogP) is 4.18. The van der Waals surface area contributed by atoms with Crippen molar-refractivity contribution >= 4 is 28.3 Å². The Kier molecular flexibility index (Phi) is 6.03. The van der Waals surface area contributed by atoms with E-state index in [-0.39, 0.29) is 18.0 Å². The highest BCUT2D eigenvalue weighted by Crippen LogP contribution is 2.35. The Morgan fingerprint density at radius 2 is 1.87 bits per heavy atom. The van der Waals surface area contributed by atoms with Gasteiger partial charge in [-0.15, -0.1) is 0 Å². The number of ketones is 1. The molecule has 4 rings (SSSR count). The Morgan fingerprint density at radius 1 is 1.10 bits per heavy atom. The van der Waals surface area contributed by atoms with Gasteiger partial charge in [-0.3, -0.25) is 9.78 Å². The predicted molar refractivity (Wildman–Crippen MR) is 120 cm³/mol. The molecule has 0 N–H and O–H groups in total. The van der Waals surface area contributed by atoms with Crippen molar-refractivity contribution in [1.82, 2.24) is 9.88 Å². The molecule has 3 heterocycles. The van der Waals surface area contributed by atoms with Crippen molar-refractivity contribution in [2.75, 3.05) is 31.1 Å². The molecule has 0 aliphatic carbocycles. The minimum atomic E-state index is -0.489. The lowest BCUT2D eigenvalue weighted by atomic mass is 10.0. The van der Waals surface area contributed by atoms with Crippen LogP contribution in [0.5, 0.6) is 5.75 Å². The molecule has 1 amide bonds. The van der Waals surface area contributed by atoms with Crippen LogP contribution < -0.4 is 9.64 Å². The summed E-state index contributed by atoms with van der Waals surface area (Å²) in [6.07, 6.45) is 6.44. The first-order chi connectivity index (χ1) is 14.8. The number of pyridine rings is 1. The van der Waals surface area contributed by atoms with Gasteiger partial charge >= 0.3 is 6.09 Å². The number of anilines is 1. The van der Waals surface area contributed by atoms with E-state index in [0.29, 0.717) is 26.1 Å². The fourth-order valence-corrected chi connectivity index (χ4v) is 4.23. The fraction of sp³-hybridized carbons (Fsp3) is 0.542. The monoisotopic (exact) mass is 425 g/mol. The van der Waals surface area contributed by atoms with Crippen molar-refractivity contribution in [2.24, 2.45) is 0 Å². The number of aromatic nitrogens is 1. The number of piperidine rings is 2. The molecule has 0 atom stereocenters. The van der Waals surface area contributed by atoms with Gasteiger partial charge in [0.25, 0.3) is 0 Å². The summed E-state index contributed by atoms with van der Waals surface area (Å²) < 4.78 is 11.8. The zero-order chi connectivity index (χ0) is 22.0. The van der Waals surface area contributed by atoms with E-state index in [0.717, 1.165) is 48.0 Å². The maximum absolute atomic E-state index is 12.3. The summed E-state index contributed by atoms with van der Waals surface area (Å²) in [6, 6.07) is 6.02. The Bertz CT molecular complexity index is 961. The molecule has 2 saturated heterocycles. The molecule has 2 aliphatic rings. The van der Waals surface area contributed by atoms with Gasteiger partial charge in [-0.2, -0.15) is 0 Å². The average Bonchev–Trinajstić information content (AvgIpc) is 2.73. The summed E-state index contributed by atoms with van der Waals surface area (Å²) in [7, 11) is 0. The van der Waals surface area contributed by atoms with Crippen LogP contribution in [-0.4, -0.2) is 59.6 Å². The lowest BCUT2D eigenvalue weighted by molar-refractivity contribution is -0.118. The van der Waals surface area contributed by atoms with Crippen LogP contribution in [0.15, 0.2) is 30.6 Å². The van der Waals surface area contributed by atoms with Crippen LogP contribution in [0.25, 0.3) is 10.8 Å². The van der Waals surface area contributed by atoms with E-state index >= 15 is 0 Å². The first-order valence-electron chi connectivity index (χ1n) is 11.1. The molecule has 31 heavy (non-hydrogen) atoms. The van der Waals surface area contributed by atoms with Gasteiger partial charge in [0.2, 0.25) is 0 Å². The van der Waals surface area contributed by atoms with Gasteiger partial charge in [-0.1, -0.05) is 0 Å². The van der Waals surface area contributed by atoms with Crippen LogP contribution in [0.1, 0.15) is 46.5 Å². The van der Waals surface area contributed by atoms with Crippen LogP contribution in [0, 0.1) is 0 Å². The number of hydrogen-bond donors (Lipinski definition) is 0. The number of amides is 1. The minimum Gasteiger partial charge on any atom is -0.490 e. The molecule has 2 aliphatic heterocycles. The lowest BCUT2D eigenvalue weighted by Crippen LogP contribution is -2.44. The molecule has 0 saturated carbocycles. The topological polar surface area (TPSA) is 72.0 Å². The van der Waals surface area contributed by atoms with E-state index in [1.165, 1.54) is 0 Å². The normalized spacial score (nSPS) is 18.4. The summed E-state index contributed by atoms with van der Waals surface area (Å²) in [5.74, 6) is 1.08. The number of ether oxygens (including phenoxy) is 2. The summed E-state index contributed by atoms with van der Waals surface area (Å²) in [5, 5.41) is 2.00. The Morgan fingerprint density at radius 3 is 2.58 bits per heavy atom. The second kappa shape index (κ2) is 8.73. The number of nitrogens with zero attached hydrogens (tertiary/aromatic N) is 3. The van der Waals surface area contributed by atoms with Crippen LogP contribution in [0.4, 0.5) is 10.5 Å². The number of Topliss-reactive ketones (excluding diaryl/α,β-unsaturated/α-hetero) is 1. The van der Waals surface area contributed by atoms with E-state index in [9.17, 15) is 9.59 Å². The van der Waals surface area contributed by atoms with Crippen molar-refractivity contribution < 1.29 is 19.1 Å². The SMILES string of the molecule is CC(C)(C)OC(=O)N1CCC(Oc2ccc(N3CCCC(=O)C3)c3ccncc23)CC1. The molecule has 2 fully saturated rings. The Labute approximate surface area is 183 Å². The van der Waals surface area contributed by atoms with Gasteiger partial charge < -0.3 is 19.3 Å². The molecule has 1 aromatic carbocycles. The van der Waals surface area contributed by atoms with Gasteiger partial charge in [0.1, 0.15) is 17.5 Å².